The van der Waals surface area contributed by atoms with Gasteiger partial charge in [0.25, 0.3) is 5.91 Å². The van der Waals surface area contributed by atoms with Gasteiger partial charge in [0, 0.05) is 11.5 Å². The topological polar surface area (TPSA) is 90.2 Å². The molecule has 5 heteroatoms. The van der Waals surface area contributed by atoms with Gasteiger partial charge < -0.3 is 10.4 Å². The number of nitrogens with one attached hydrogen (secondary N) is 1. The summed E-state index contributed by atoms with van der Waals surface area (Å²) < 4.78 is 0. The van der Waals surface area contributed by atoms with Crippen LogP contribution in [-0.2, 0) is 4.79 Å². The molecule has 1 aliphatic carbocycles. The second-order valence-electron chi connectivity index (χ2n) is 6.63. The number of amides is 1. The SMILES string of the molecule is N#Cc1ccc(C(=O)N[C@H](C(=O)O)C2c3ccccc3-c3ccccc32)cc1. The summed E-state index contributed by atoms with van der Waals surface area (Å²) in [6.07, 6.45) is 0. The van der Waals surface area contributed by atoms with Gasteiger partial charge in [-0.15, -0.1) is 0 Å². The fraction of sp³-hybridized carbons (Fsp3) is 0.0870. The zero-order chi connectivity index (χ0) is 19.7. The molecule has 28 heavy (non-hydrogen) atoms. The summed E-state index contributed by atoms with van der Waals surface area (Å²) in [5.41, 5.74) is 4.49. The molecule has 0 fully saturated rings. The van der Waals surface area contributed by atoms with E-state index in [9.17, 15) is 14.7 Å². The number of fused-ring (bicyclic) bond motifs is 3. The summed E-state index contributed by atoms with van der Waals surface area (Å²) in [7, 11) is 0. The summed E-state index contributed by atoms with van der Waals surface area (Å²) >= 11 is 0. The van der Waals surface area contributed by atoms with Crippen molar-refractivity contribution >= 4 is 11.9 Å². The van der Waals surface area contributed by atoms with Crippen LogP contribution in [0, 0.1) is 11.3 Å². The molecule has 0 bridgehead atoms. The molecule has 0 aliphatic heterocycles. The van der Waals surface area contributed by atoms with Crippen LogP contribution >= 0.6 is 0 Å². The van der Waals surface area contributed by atoms with Crippen molar-refractivity contribution in [3.8, 4) is 17.2 Å². The predicted molar refractivity (Wildman–Crippen MR) is 104 cm³/mol. The van der Waals surface area contributed by atoms with Gasteiger partial charge >= 0.3 is 5.97 Å². The maximum absolute atomic E-state index is 12.7. The maximum atomic E-state index is 12.7. The third kappa shape index (κ3) is 2.91. The summed E-state index contributed by atoms with van der Waals surface area (Å²) in [5.74, 6) is -2.07. The number of carboxylic acids is 1. The van der Waals surface area contributed by atoms with Crippen molar-refractivity contribution in [2.24, 2.45) is 0 Å². The molecule has 0 aromatic heterocycles. The molecule has 0 unspecified atom stereocenters. The lowest BCUT2D eigenvalue weighted by molar-refractivity contribution is -0.139. The van der Waals surface area contributed by atoms with Gasteiger partial charge in [-0.2, -0.15) is 5.26 Å². The number of hydrogen-bond donors (Lipinski definition) is 2. The molecule has 3 aromatic rings. The number of nitrogens with zero attached hydrogens (tertiary/aromatic N) is 1. The molecule has 136 valence electrons. The first kappa shape index (κ1) is 17.5. The molecular weight excluding hydrogens is 352 g/mol. The average molecular weight is 368 g/mol. The Balaban J connectivity index is 1.71. The normalized spacial score (nSPS) is 13.1. The molecule has 0 heterocycles. The first-order valence-corrected chi connectivity index (χ1v) is 8.82. The molecule has 0 saturated heterocycles. The van der Waals surface area contributed by atoms with Crippen molar-refractivity contribution < 1.29 is 14.7 Å². The molecule has 0 spiro atoms. The monoisotopic (exact) mass is 368 g/mol. The van der Waals surface area contributed by atoms with Crippen LogP contribution in [0.2, 0.25) is 0 Å². The Hall–Kier alpha value is -3.91. The number of carboxylic acid groups (broad SMARTS) is 1. The summed E-state index contributed by atoms with van der Waals surface area (Å²) in [6, 6.07) is 22.3. The van der Waals surface area contributed by atoms with Crippen LogP contribution in [-0.4, -0.2) is 23.0 Å². The van der Waals surface area contributed by atoms with Gasteiger partial charge in [0.05, 0.1) is 11.6 Å². The van der Waals surface area contributed by atoms with E-state index in [0.717, 1.165) is 22.3 Å². The first-order valence-electron chi connectivity index (χ1n) is 8.82. The second kappa shape index (κ2) is 7.01. The van der Waals surface area contributed by atoms with Crippen LogP contribution < -0.4 is 5.32 Å². The van der Waals surface area contributed by atoms with E-state index in [-0.39, 0.29) is 0 Å². The molecule has 0 radical (unpaired) electrons. The molecular formula is C23H16N2O3. The van der Waals surface area contributed by atoms with Crippen LogP contribution in [0.5, 0.6) is 0 Å². The largest absolute Gasteiger partial charge is 0.480 e. The summed E-state index contributed by atoms with van der Waals surface area (Å²) in [6.45, 7) is 0. The van der Waals surface area contributed by atoms with Crippen molar-refractivity contribution in [2.45, 2.75) is 12.0 Å². The first-order chi connectivity index (χ1) is 13.6. The number of aliphatic carboxylic acids is 1. The minimum Gasteiger partial charge on any atom is -0.480 e. The second-order valence-corrected chi connectivity index (χ2v) is 6.63. The number of rotatable bonds is 4. The zero-order valence-electron chi connectivity index (χ0n) is 14.8. The molecule has 2 N–H and O–H groups in total. The van der Waals surface area contributed by atoms with Crippen LogP contribution in [0.25, 0.3) is 11.1 Å². The van der Waals surface area contributed by atoms with Gasteiger partial charge in [0.1, 0.15) is 6.04 Å². The van der Waals surface area contributed by atoms with E-state index in [0.29, 0.717) is 11.1 Å². The Labute approximate surface area is 161 Å². The fourth-order valence-corrected chi connectivity index (χ4v) is 3.76. The van der Waals surface area contributed by atoms with E-state index in [1.807, 2.05) is 54.6 Å². The minimum atomic E-state index is -1.12. The average Bonchev–Trinajstić information content (AvgIpc) is 3.06. The Morgan fingerprint density at radius 3 is 1.93 bits per heavy atom. The maximum Gasteiger partial charge on any atom is 0.327 e. The predicted octanol–water partition coefficient (Wildman–Crippen LogP) is 3.55. The van der Waals surface area contributed by atoms with Crippen LogP contribution in [0.4, 0.5) is 0 Å². The molecule has 3 aromatic carbocycles. The van der Waals surface area contributed by atoms with Gasteiger partial charge in [-0.3, -0.25) is 4.79 Å². The zero-order valence-corrected chi connectivity index (χ0v) is 14.8. The Morgan fingerprint density at radius 1 is 0.893 bits per heavy atom. The highest BCUT2D eigenvalue weighted by molar-refractivity contribution is 5.97. The lowest BCUT2D eigenvalue weighted by atomic mass is 9.89. The van der Waals surface area contributed by atoms with Crippen molar-refractivity contribution in [2.75, 3.05) is 0 Å². The molecule has 0 saturated carbocycles. The standard InChI is InChI=1S/C23H16N2O3/c24-13-14-9-11-15(12-10-14)22(26)25-21(23(27)28)20-18-7-3-1-5-16(18)17-6-2-4-8-19(17)20/h1-12,20-21H,(H,25,26)(H,27,28)/t21-/m0/s1. The van der Waals surface area contributed by atoms with Gasteiger partial charge in [-0.25, -0.2) is 4.79 Å². The van der Waals surface area contributed by atoms with E-state index >= 15 is 0 Å². The minimum absolute atomic E-state index is 0.310. The fourth-order valence-electron chi connectivity index (χ4n) is 3.76. The highest BCUT2D eigenvalue weighted by atomic mass is 16.4. The Kier molecular flexibility index (Phi) is 4.38. The summed E-state index contributed by atoms with van der Waals surface area (Å²) in [5, 5.41) is 21.5. The van der Waals surface area contributed by atoms with E-state index < -0.39 is 23.8 Å². The van der Waals surface area contributed by atoms with Crippen molar-refractivity contribution in [1.29, 1.82) is 5.26 Å². The quantitative estimate of drug-likeness (QED) is 0.737. The van der Waals surface area contributed by atoms with E-state index in [1.54, 1.807) is 0 Å². The van der Waals surface area contributed by atoms with Crippen molar-refractivity contribution in [3.05, 3.63) is 95.1 Å². The highest BCUT2D eigenvalue weighted by Gasteiger charge is 2.38. The number of carbonyl (C=O) groups excluding carboxylic acids is 1. The number of carbonyl (C=O) groups is 2. The Bertz CT molecular complexity index is 1070. The van der Waals surface area contributed by atoms with Gasteiger partial charge in [0.2, 0.25) is 0 Å². The molecule has 4 rings (SSSR count). The van der Waals surface area contributed by atoms with Crippen molar-refractivity contribution in [1.82, 2.24) is 5.32 Å². The summed E-state index contributed by atoms with van der Waals surface area (Å²) in [4.78, 5) is 24.8. The van der Waals surface area contributed by atoms with Gasteiger partial charge in [-0.1, -0.05) is 48.5 Å². The number of hydrogen-bond acceptors (Lipinski definition) is 3. The van der Waals surface area contributed by atoms with Crippen molar-refractivity contribution in [3.63, 3.8) is 0 Å². The smallest absolute Gasteiger partial charge is 0.327 e. The highest BCUT2D eigenvalue weighted by Crippen LogP contribution is 2.46. The van der Waals surface area contributed by atoms with Crippen LogP contribution in [0.3, 0.4) is 0 Å². The number of nitriles is 1. The molecule has 1 amide bonds. The van der Waals surface area contributed by atoms with E-state index in [2.05, 4.69) is 5.32 Å². The van der Waals surface area contributed by atoms with Gasteiger partial charge in [0.15, 0.2) is 0 Å². The van der Waals surface area contributed by atoms with E-state index in [4.69, 9.17) is 5.26 Å². The molecule has 5 nitrogen and oxygen atoms in total. The lowest BCUT2D eigenvalue weighted by Gasteiger charge is -2.23. The Morgan fingerprint density at radius 2 is 1.43 bits per heavy atom. The van der Waals surface area contributed by atoms with Crippen LogP contribution in [0.15, 0.2) is 72.8 Å². The van der Waals surface area contributed by atoms with Gasteiger partial charge in [-0.05, 0) is 46.5 Å². The molecule has 1 aliphatic rings. The van der Waals surface area contributed by atoms with E-state index in [1.165, 1.54) is 24.3 Å². The third-order valence-electron chi connectivity index (χ3n) is 5.04. The van der Waals surface area contributed by atoms with Crippen LogP contribution in [0.1, 0.15) is 33.0 Å². The lowest BCUT2D eigenvalue weighted by Crippen LogP contribution is -2.44. The molecule has 1 atom stereocenters. The number of benzene rings is 3. The third-order valence-corrected chi connectivity index (χ3v) is 5.04.